The van der Waals surface area contributed by atoms with Gasteiger partial charge in [0.15, 0.2) is 5.82 Å². The molecule has 0 saturated carbocycles. The minimum atomic E-state index is -3.66. The Morgan fingerprint density at radius 1 is 1.60 bits per heavy atom. The summed E-state index contributed by atoms with van der Waals surface area (Å²) in [5.41, 5.74) is 2.28. The van der Waals surface area contributed by atoms with Crippen LogP contribution in [0.5, 0.6) is 0 Å². The van der Waals surface area contributed by atoms with Crippen molar-refractivity contribution in [2.45, 2.75) is 24.3 Å². The fourth-order valence-corrected chi connectivity index (χ4v) is 3.94. The Kier molecular flexibility index (Phi) is 4.50. The van der Waals surface area contributed by atoms with Crippen LogP contribution in [0.1, 0.15) is 13.3 Å². The Labute approximate surface area is 122 Å². The topological polar surface area (TPSA) is 109 Å². The van der Waals surface area contributed by atoms with Crippen molar-refractivity contribution in [2.24, 2.45) is 11.8 Å². The summed E-state index contributed by atoms with van der Waals surface area (Å²) in [4.78, 5) is 3.89. The molecule has 1 saturated heterocycles. The maximum Gasteiger partial charge on any atom is 0.244 e. The second kappa shape index (κ2) is 5.82. The quantitative estimate of drug-likeness (QED) is 0.550. The zero-order valence-electron chi connectivity index (χ0n) is 11.0. The van der Waals surface area contributed by atoms with Gasteiger partial charge in [0.05, 0.1) is 11.1 Å². The zero-order valence-corrected chi connectivity index (χ0v) is 12.5. The number of sulfonamides is 1. The van der Waals surface area contributed by atoms with E-state index in [2.05, 4.69) is 10.4 Å². The number of nitrogens with one attached hydrogen (secondary N) is 1. The van der Waals surface area contributed by atoms with Crippen molar-refractivity contribution >= 4 is 27.4 Å². The molecular weight excluding hydrogens is 304 g/mol. The number of hydrogen-bond acceptors (Lipinski definition) is 6. The average molecular weight is 321 g/mol. The molecule has 0 amide bonds. The first kappa shape index (κ1) is 15.5. The number of piperidine rings is 1. The lowest BCUT2D eigenvalue weighted by Crippen LogP contribution is -2.44. The van der Waals surface area contributed by atoms with Gasteiger partial charge in [-0.25, -0.2) is 19.2 Å². The monoisotopic (exact) mass is 320 g/mol. The van der Waals surface area contributed by atoms with Crippen molar-refractivity contribution in [1.29, 1.82) is 0 Å². The van der Waals surface area contributed by atoms with Gasteiger partial charge in [-0.05, 0) is 18.4 Å². The number of pyridine rings is 1. The third-order valence-electron chi connectivity index (χ3n) is 3.41. The van der Waals surface area contributed by atoms with E-state index in [1.807, 2.05) is 6.92 Å². The molecule has 0 radical (unpaired) electrons. The van der Waals surface area contributed by atoms with E-state index < -0.39 is 16.1 Å². The van der Waals surface area contributed by atoms with Gasteiger partial charge in [-0.15, -0.1) is 0 Å². The minimum Gasteiger partial charge on any atom is -0.393 e. The normalized spacial score (nSPS) is 24.6. The van der Waals surface area contributed by atoms with Gasteiger partial charge in [0.25, 0.3) is 0 Å². The molecule has 2 heterocycles. The van der Waals surface area contributed by atoms with Crippen LogP contribution in [0.2, 0.25) is 5.02 Å². The summed E-state index contributed by atoms with van der Waals surface area (Å²) in [6.07, 6.45) is 1.17. The van der Waals surface area contributed by atoms with E-state index in [1.165, 1.54) is 16.6 Å². The Morgan fingerprint density at radius 2 is 2.30 bits per heavy atom. The van der Waals surface area contributed by atoms with Crippen molar-refractivity contribution in [1.82, 2.24) is 9.29 Å². The molecule has 2 atom stereocenters. The lowest BCUT2D eigenvalue weighted by molar-refractivity contribution is 0.0628. The second-order valence-corrected chi connectivity index (χ2v) is 7.19. The molecule has 0 aromatic carbocycles. The number of nitrogen functional groups attached to an aromatic ring is 1. The zero-order chi connectivity index (χ0) is 14.9. The van der Waals surface area contributed by atoms with Gasteiger partial charge in [-0.3, -0.25) is 0 Å². The smallest absolute Gasteiger partial charge is 0.244 e. The summed E-state index contributed by atoms with van der Waals surface area (Å²) in [7, 11) is -3.66. The van der Waals surface area contributed by atoms with E-state index in [4.69, 9.17) is 17.4 Å². The number of hydrazine groups is 1. The predicted octanol–water partition coefficient (Wildman–Crippen LogP) is 0.412. The van der Waals surface area contributed by atoms with Crippen molar-refractivity contribution in [3.05, 3.63) is 17.3 Å². The first-order valence-corrected chi connectivity index (χ1v) is 7.98. The molecule has 20 heavy (non-hydrogen) atoms. The molecule has 1 aliphatic rings. The number of nitrogens with zero attached hydrogens (tertiary/aromatic N) is 2. The summed E-state index contributed by atoms with van der Waals surface area (Å²) in [5, 5.41) is 9.80. The van der Waals surface area contributed by atoms with E-state index >= 15 is 0 Å². The van der Waals surface area contributed by atoms with Crippen molar-refractivity contribution in [3.8, 4) is 0 Å². The third-order valence-corrected chi connectivity index (χ3v) is 5.53. The van der Waals surface area contributed by atoms with Gasteiger partial charge in [0.2, 0.25) is 10.0 Å². The summed E-state index contributed by atoms with van der Waals surface area (Å²) >= 11 is 5.90. The molecule has 112 valence electrons. The second-order valence-electron chi connectivity index (χ2n) is 4.84. The molecule has 4 N–H and O–H groups in total. The van der Waals surface area contributed by atoms with Gasteiger partial charge in [0, 0.05) is 19.3 Å². The van der Waals surface area contributed by atoms with Crippen LogP contribution >= 0.6 is 11.6 Å². The van der Waals surface area contributed by atoms with Gasteiger partial charge < -0.3 is 10.5 Å². The highest BCUT2D eigenvalue weighted by molar-refractivity contribution is 7.89. The molecule has 1 aromatic heterocycles. The predicted molar refractivity (Wildman–Crippen MR) is 75.6 cm³/mol. The Hall–Kier alpha value is -0.930. The Balaban J connectivity index is 2.29. The van der Waals surface area contributed by atoms with Gasteiger partial charge >= 0.3 is 0 Å². The van der Waals surface area contributed by atoms with Crippen LogP contribution in [-0.4, -0.2) is 42.0 Å². The Morgan fingerprint density at radius 3 is 2.85 bits per heavy atom. The number of anilines is 1. The van der Waals surface area contributed by atoms with E-state index in [1.54, 1.807) is 0 Å². The number of aliphatic hydroxyl groups is 1. The number of nitrogens with two attached hydrogens (primary N) is 1. The molecule has 0 bridgehead atoms. The minimum absolute atomic E-state index is 0.0186. The fourth-order valence-electron chi connectivity index (χ4n) is 2.13. The number of hydrogen-bond donors (Lipinski definition) is 3. The van der Waals surface area contributed by atoms with Gasteiger partial charge in [0.1, 0.15) is 4.90 Å². The Bertz CT molecular complexity index is 595. The number of halogens is 1. The van der Waals surface area contributed by atoms with Crippen LogP contribution in [0, 0.1) is 5.92 Å². The third kappa shape index (κ3) is 2.89. The average Bonchev–Trinajstić information content (AvgIpc) is 2.41. The van der Waals surface area contributed by atoms with E-state index in [0.717, 1.165) is 0 Å². The molecular formula is C11H17ClN4O3S. The summed E-state index contributed by atoms with van der Waals surface area (Å²) in [5.74, 6) is 5.31. The highest BCUT2D eigenvalue weighted by Gasteiger charge is 2.33. The SMILES string of the molecule is CC1CN(S(=O)(=O)c2cnc(NN)c(Cl)c2)CCC1O. The number of aromatic nitrogens is 1. The van der Waals surface area contributed by atoms with Crippen LogP contribution in [0.4, 0.5) is 5.82 Å². The molecule has 1 fully saturated rings. The molecule has 1 aliphatic heterocycles. The first-order valence-electron chi connectivity index (χ1n) is 6.16. The van der Waals surface area contributed by atoms with Crippen LogP contribution in [0.15, 0.2) is 17.2 Å². The lowest BCUT2D eigenvalue weighted by Gasteiger charge is -2.33. The van der Waals surface area contributed by atoms with E-state index in [0.29, 0.717) is 6.42 Å². The van der Waals surface area contributed by atoms with Crippen LogP contribution in [-0.2, 0) is 10.0 Å². The highest BCUT2D eigenvalue weighted by Crippen LogP contribution is 2.27. The summed E-state index contributed by atoms with van der Waals surface area (Å²) < 4.78 is 26.3. The standard InChI is InChI=1S/C11H17ClN4O3S/c1-7-6-16(3-2-10(7)17)20(18,19)8-4-9(12)11(15-13)14-5-8/h4-5,7,10,17H,2-3,6,13H2,1H3,(H,14,15). The van der Waals surface area contributed by atoms with E-state index in [-0.39, 0.29) is 34.7 Å². The van der Waals surface area contributed by atoms with Crippen molar-refractivity contribution in [3.63, 3.8) is 0 Å². The van der Waals surface area contributed by atoms with Gasteiger partial charge in [-0.1, -0.05) is 18.5 Å². The van der Waals surface area contributed by atoms with E-state index in [9.17, 15) is 13.5 Å². The molecule has 0 spiro atoms. The van der Waals surface area contributed by atoms with Crippen LogP contribution in [0.25, 0.3) is 0 Å². The molecule has 1 aromatic rings. The fraction of sp³-hybridized carbons (Fsp3) is 0.545. The van der Waals surface area contributed by atoms with Gasteiger partial charge in [-0.2, -0.15) is 4.31 Å². The van der Waals surface area contributed by atoms with Crippen LogP contribution in [0.3, 0.4) is 0 Å². The first-order chi connectivity index (χ1) is 9.36. The summed E-state index contributed by atoms with van der Waals surface area (Å²) in [6, 6.07) is 1.31. The maximum atomic E-state index is 12.5. The van der Waals surface area contributed by atoms with Crippen molar-refractivity contribution in [2.75, 3.05) is 18.5 Å². The van der Waals surface area contributed by atoms with Crippen molar-refractivity contribution < 1.29 is 13.5 Å². The lowest BCUT2D eigenvalue weighted by atomic mass is 9.99. The molecule has 7 nitrogen and oxygen atoms in total. The molecule has 9 heteroatoms. The highest BCUT2D eigenvalue weighted by atomic mass is 35.5. The molecule has 0 aliphatic carbocycles. The molecule has 2 unspecified atom stereocenters. The summed E-state index contributed by atoms with van der Waals surface area (Å²) in [6.45, 7) is 2.37. The number of rotatable bonds is 3. The maximum absolute atomic E-state index is 12.5. The van der Waals surface area contributed by atoms with Crippen LogP contribution < -0.4 is 11.3 Å². The molecule has 2 rings (SSSR count). The largest absolute Gasteiger partial charge is 0.393 e. The number of aliphatic hydroxyl groups excluding tert-OH is 1.